The third-order valence-corrected chi connectivity index (χ3v) is 3.11. The van der Waals surface area contributed by atoms with Gasteiger partial charge in [-0.15, -0.1) is 0 Å². The fraction of sp³-hybridized carbons (Fsp3) is 0.273. The molecule has 3 unspecified atom stereocenters. The SMILES string of the molecule is NC1NNC(O)C1c1cccc2[nH]ccc12. The van der Waals surface area contributed by atoms with Crippen molar-refractivity contribution in [2.24, 2.45) is 5.73 Å². The first kappa shape index (κ1) is 9.80. The van der Waals surface area contributed by atoms with Crippen LogP contribution in [0.1, 0.15) is 11.5 Å². The standard InChI is InChI=1S/C11H14N4O/c12-10-9(11(16)15-14-10)7-2-1-3-8-6(7)4-5-13-8/h1-5,9-11,13-16H,12H2. The van der Waals surface area contributed by atoms with Gasteiger partial charge in [0.25, 0.3) is 0 Å². The van der Waals surface area contributed by atoms with Crippen LogP contribution >= 0.6 is 0 Å². The Morgan fingerprint density at radius 3 is 2.81 bits per heavy atom. The Kier molecular flexibility index (Phi) is 2.19. The second-order valence-corrected chi connectivity index (χ2v) is 4.07. The number of fused-ring (bicyclic) bond motifs is 1. The summed E-state index contributed by atoms with van der Waals surface area (Å²) >= 11 is 0. The second kappa shape index (κ2) is 3.57. The largest absolute Gasteiger partial charge is 0.377 e. The van der Waals surface area contributed by atoms with Crippen molar-refractivity contribution in [1.82, 2.24) is 15.8 Å². The van der Waals surface area contributed by atoms with Crippen LogP contribution < -0.4 is 16.6 Å². The Morgan fingerprint density at radius 1 is 1.19 bits per heavy atom. The fourth-order valence-corrected chi connectivity index (χ4v) is 2.32. The zero-order valence-corrected chi connectivity index (χ0v) is 8.64. The number of hydrogen-bond donors (Lipinski definition) is 5. The van der Waals surface area contributed by atoms with E-state index in [0.29, 0.717) is 0 Å². The maximum atomic E-state index is 9.85. The van der Waals surface area contributed by atoms with Crippen molar-refractivity contribution in [1.29, 1.82) is 0 Å². The molecule has 0 bridgehead atoms. The van der Waals surface area contributed by atoms with Gasteiger partial charge in [-0.05, 0) is 17.7 Å². The van der Waals surface area contributed by atoms with Crippen LogP contribution in [0.4, 0.5) is 0 Å². The van der Waals surface area contributed by atoms with E-state index in [9.17, 15) is 5.11 Å². The summed E-state index contributed by atoms with van der Waals surface area (Å²) in [7, 11) is 0. The molecule has 5 heteroatoms. The van der Waals surface area contributed by atoms with Crippen LogP contribution in [0, 0.1) is 0 Å². The van der Waals surface area contributed by atoms with Crippen LogP contribution in [-0.2, 0) is 0 Å². The lowest BCUT2D eigenvalue weighted by molar-refractivity contribution is 0.136. The molecule has 0 spiro atoms. The number of aliphatic hydroxyl groups excluding tert-OH is 1. The molecule has 2 heterocycles. The van der Waals surface area contributed by atoms with E-state index in [0.717, 1.165) is 16.5 Å². The molecule has 1 aromatic carbocycles. The molecule has 0 aliphatic carbocycles. The molecule has 84 valence electrons. The third-order valence-electron chi connectivity index (χ3n) is 3.11. The molecule has 0 amide bonds. The van der Waals surface area contributed by atoms with Gasteiger partial charge < -0.3 is 15.8 Å². The van der Waals surface area contributed by atoms with Crippen LogP contribution in [0.5, 0.6) is 0 Å². The number of benzene rings is 1. The topological polar surface area (TPSA) is 86.1 Å². The number of aliphatic hydroxyl groups is 1. The molecule has 0 saturated carbocycles. The molecule has 0 radical (unpaired) electrons. The van der Waals surface area contributed by atoms with Crippen LogP contribution in [-0.4, -0.2) is 22.5 Å². The predicted molar refractivity (Wildman–Crippen MR) is 61.3 cm³/mol. The lowest BCUT2D eigenvalue weighted by Gasteiger charge is -2.18. The number of aromatic nitrogens is 1. The summed E-state index contributed by atoms with van der Waals surface area (Å²) in [5.74, 6) is -0.139. The number of nitrogens with two attached hydrogens (primary N) is 1. The van der Waals surface area contributed by atoms with E-state index in [1.165, 1.54) is 0 Å². The fourth-order valence-electron chi connectivity index (χ4n) is 2.32. The zero-order valence-electron chi connectivity index (χ0n) is 8.64. The van der Waals surface area contributed by atoms with E-state index in [4.69, 9.17) is 5.73 Å². The van der Waals surface area contributed by atoms with Crippen molar-refractivity contribution in [2.75, 3.05) is 0 Å². The molecule has 1 aromatic heterocycles. The van der Waals surface area contributed by atoms with E-state index in [-0.39, 0.29) is 12.1 Å². The minimum atomic E-state index is -0.657. The van der Waals surface area contributed by atoms with Crippen molar-refractivity contribution < 1.29 is 5.11 Å². The quantitative estimate of drug-likeness (QED) is 0.465. The van der Waals surface area contributed by atoms with Gasteiger partial charge in [-0.25, -0.2) is 10.9 Å². The minimum absolute atomic E-state index is 0.139. The number of rotatable bonds is 1. The third kappa shape index (κ3) is 1.34. The van der Waals surface area contributed by atoms with Gasteiger partial charge in [-0.1, -0.05) is 12.1 Å². The summed E-state index contributed by atoms with van der Waals surface area (Å²) in [5.41, 5.74) is 13.6. The molecule has 1 aliphatic rings. The molecule has 1 fully saturated rings. The molecule has 6 N–H and O–H groups in total. The van der Waals surface area contributed by atoms with Crippen molar-refractivity contribution in [3.63, 3.8) is 0 Å². The van der Waals surface area contributed by atoms with Crippen LogP contribution in [0.3, 0.4) is 0 Å². The van der Waals surface area contributed by atoms with Gasteiger partial charge in [0.1, 0.15) is 6.23 Å². The number of aromatic amines is 1. The Bertz CT molecular complexity index is 499. The summed E-state index contributed by atoms with van der Waals surface area (Å²) in [4.78, 5) is 3.15. The summed E-state index contributed by atoms with van der Waals surface area (Å²) in [6.07, 6.45) is 0.952. The molecule has 2 aromatic rings. The Labute approximate surface area is 92.6 Å². The highest BCUT2D eigenvalue weighted by atomic mass is 16.3. The summed E-state index contributed by atoms with van der Waals surface area (Å²) in [6.45, 7) is 0. The van der Waals surface area contributed by atoms with Gasteiger partial charge in [0.15, 0.2) is 0 Å². The maximum absolute atomic E-state index is 9.85. The van der Waals surface area contributed by atoms with Crippen LogP contribution in [0.2, 0.25) is 0 Å². The number of H-pyrrole nitrogens is 1. The highest BCUT2D eigenvalue weighted by Gasteiger charge is 2.34. The van der Waals surface area contributed by atoms with Crippen LogP contribution in [0.25, 0.3) is 10.9 Å². The molecule has 1 saturated heterocycles. The van der Waals surface area contributed by atoms with Gasteiger partial charge in [-0.3, -0.25) is 0 Å². The second-order valence-electron chi connectivity index (χ2n) is 4.07. The van der Waals surface area contributed by atoms with E-state index in [1.807, 2.05) is 30.5 Å². The highest BCUT2D eigenvalue weighted by molar-refractivity contribution is 5.83. The highest BCUT2D eigenvalue weighted by Crippen LogP contribution is 2.29. The van der Waals surface area contributed by atoms with Gasteiger partial charge in [0.2, 0.25) is 0 Å². The number of hydrogen-bond acceptors (Lipinski definition) is 4. The first-order valence-electron chi connectivity index (χ1n) is 5.28. The van der Waals surface area contributed by atoms with Crippen LogP contribution in [0.15, 0.2) is 30.5 Å². The number of nitrogens with one attached hydrogen (secondary N) is 3. The zero-order chi connectivity index (χ0) is 11.1. The Hall–Kier alpha value is -1.40. The van der Waals surface area contributed by atoms with Crippen molar-refractivity contribution in [3.05, 3.63) is 36.0 Å². The lowest BCUT2D eigenvalue weighted by atomic mass is 9.93. The molecule has 5 nitrogen and oxygen atoms in total. The number of hydrazine groups is 1. The van der Waals surface area contributed by atoms with E-state index in [2.05, 4.69) is 15.8 Å². The molecular formula is C11H14N4O. The minimum Gasteiger partial charge on any atom is -0.377 e. The monoisotopic (exact) mass is 218 g/mol. The summed E-state index contributed by atoms with van der Waals surface area (Å²) in [5, 5.41) is 11.0. The molecule has 16 heavy (non-hydrogen) atoms. The first-order valence-corrected chi connectivity index (χ1v) is 5.28. The van der Waals surface area contributed by atoms with E-state index < -0.39 is 6.23 Å². The Balaban J connectivity index is 2.14. The van der Waals surface area contributed by atoms with Crippen molar-refractivity contribution in [2.45, 2.75) is 18.3 Å². The Morgan fingerprint density at radius 2 is 2.06 bits per heavy atom. The van der Waals surface area contributed by atoms with Gasteiger partial charge in [0, 0.05) is 17.1 Å². The molecular weight excluding hydrogens is 204 g/mol. The average molecular weight is 218 g/mol. The van der Waals surface area contributed by atoms with E-state index in [1.54, 1.807) is 0 Å². The van der Waals surface area contributed by atoms with Gasteiger partial charge in [0.05, 0.1) is 12.1 Å². The maximum Gasteiger partial charge on any atom is 0.126 e. The average Bonchev–Trinajstić information content (AvgIpc) is 2.86. The van der Waals surface area contributed by atoms with Crippen molar-refractivity contribution >= 4 is 10.9 Å². The van der Waals surface area contributed by atoms with Gasteiger partial charge >= 0.3 is 0 Å². The van der Waals surface area contributed by atoms with Gasteiger partial charge in [-0.2, -0.15) is 0 Å². The smallest absolute Gasteiger partial charge is 0.126 e. The summed E-state index contributed by atoms with van der Waals surface area (Å²) in [6, 6.07) is 7.97. The lowest BCUT2D eigenvalue weighted by Crippen LogP contribution is -2.38. The van der Waals surface area contributed by atoms with Crippen molar-refractivity contribution in [3.8, 4) is 0 Å². The molecule has 3 atom stereocenters. The first-order chi connectivity index (χ1) is 7.77. The predicted octanol–water partition coefficient (Wildman–Crippen LogP) is -0.0375. The van der Waals surface area contributed by atoms with E-state index >= 15 is 0 Å². The normalized spacial score (nSPS) is 30.0. The summed E-state index contributed by atoms with van der Waals surface area (Å²) < 4.78 is 0. The molecule has 1 aliphatic heterocycles. The molecule has 3 rings (SSSR count).